The Hall–Kier alpha value is -2.55. The number of amides is 1. The van der Waals surface area contributed by atoms with Gasteiger partial charge in [-0.25, -0.2) is 4.98 Å². The van der Waals surface area contributed by atoms with Gasteiger partial charge in [0.1, 0.15) is 5.82 Å². The van der Waals surface area contributed by atoms with E-state index in [2.05, 4.69) is 15.3 Å². The van der Waals surface area contributed by atoms with Gasteiger partial charge in [-0.05, 0) is 38.5 Å². The number of imidazole rings is 1. The average Bonchev–Trinajstić information content (AvgIpc) is 3.20. The van der Waals surface area contributed by atoms with E-state index >= 15 is 0 Å². The van der Waals surface area contributed by atoms with E-state index in [1.165, 1.54) is 0 Å². The van der Waals surface area contributed by atoms with Crippen molar-refractivity contribution in [1.82, 2.24) is 15.3 Å². The fourth-order valence-electron chi connectivity index (χ4n) is 3.32. The van der Waals surface area contributed by atoms with Crippen LogP contribution in [0.15, 0.2) is 30.3 Å². The summed E-state index contributed by atoms with van der Waals surface area (Å²) in [6, 6.07) is 9.16. The predicted octanol–water partition coefficient (Wildman–Crippen LogP) is 4.85. The van der Waals surface area contributed by atoms with E-state index in [1.54, 1.807) is 13.0 Å². The first kappa shape index (κ1) is 19.8. The van der Waals surface area contributed by atoms with Gasteiger partial charge in [0.2, 0.25) is 5.91 Å². The molecule has 3 aromatic rings. The fourth-order valence-corrected chi connectivity index (χ4v) is 4.34. The largest absolute Gasteiger partial charge is 0.474 e. The normalized spacial score (nSPS) is 19.9. The molecule has 0 aliphatic heterocycles. The van der Waals surface area contributed by atoms with Gasteiger partial charge in [0.05, 0.1) is 17.1 Å². The van der Waals surface area contributed by atoms with Crippen molar-refractivity contribution in [1.29, 1.82) is 0 Å². The molecule has 1 aliphatic carbocycles. The van der Waals surface area contributed by atoms with Crippen LogP contribution in [0.3, 0.4) is 0 Å². The number of thiophene rings is 1. The number of benzene rings is 1. The Kier molecular flexibility index (Phi) is 5.02. The van der Waals surface area contributed by atoms with E-state index in [0.717, 1.165) is 39.5 Å². The first-order valence-corrected chi connectivity index (χ1v) is 10.1. The minimum Gasteiger partial charge on any atom is -0.474 e. The number of aromatic nitrogens is 2. The molecule has 1 amide bonds. The first-order valence-electron chi connectivity index (χ1n) is 9.26. The molecule has 29 heavy (non-hydrogen) atoms. The number of hydrogen-bond donors (Lipinski definition) is 2. The van der Waals surface area contributed by atoms with Crippen LogP contribution in [-0.2, 0) is 4.79 Å². The van der Waals surface area contributed by atoms with Gasteiger partial charge in [0.25, 0.3) is 0 Å². The predicted molar refractivity (Wildman–Crippen MR) is 104 cm³/mol. The number of hydrogen-bond acceptors (Lipinski definition) is 4. The van der Waals surface area contributed by atoms with Crippen LogP contribution in [0.1, 0.15) is 41.6 Å². The topological polar surface area (TPSA) is 67.0 Å². The molecule has 154 valence electrons. The molecule has 0 spiro atoms. The van der Waals surface area contributed by atoms with Crippen molar-refractivity contribution >= 4 is 28.3 Å². The Balaban J connectivity index is 1.36. The van der Waals surface area contributed by atoms with Gasteiger partial charge in [-0.2, -0.15) is 13.2 Å². The molecule has 3 atom stereocenters. The second kappa shape index (κ2) is 7.37. The van der Waals surface area contributed by atoms with Crippen LogP contribution in [0.25, 0.3) is 11.0 Å². The molecule has 1 aliphatic rings. The second-order valence-corrected chi connectivity index (χ2v) is 8.39. The maximum Gasteiger partial charge on any atom is 0.422 e. The molecule has 1 aromatic carbocycles. The van der Waals surface area contributed by atoms with Crippen molar-refractivity contribution in [2.45, 2.75) is 38.4 Å². The lowest BCUT2D eigenvalue weighted by Crippen LogP contribution is -2.28. The molecule has 4 rings (SSSR count). The number of nitrogens with zero attached hydrogens (tertiary/aromatic N) is 1. The molecule has 2 heterocycles. The number of ether oxygens (including phenoxy) is 1. The number of aryl methyl sites for hydroxylation is 1. The summed E-state index contributed by atoms with van der Waals surface area (Å²) in [7, 11) is 0. The van der Waals surface area contributed by atoms with Crippen molar-refractivity contribution in [2.24, 2.45) is 5.92 Å². The van der Waals surface area contributed by atoms with E-state index in [-0.39, 0.29) is 28.8 Å². The SMILES string of the molecule is Cc1cc(C(C)NC(=O)C2CC2c2nc3ccccc3[nH]2)sc1OCC(F)(F)F. The zero-order valence-corrected chi connectivity index (χ0v) is 16.7. The van der Waals surface area contributed by atoms with Crippen LogP contribution in [-0.4, -0.2) is 28.7 Å². The molecule has 5 nitrogen and oxygen atoms in total. The number of carbonyl (C=O) groups excluding carboxylic acids is 1. The van der Waals surface area contributed by atoms with E-state index in [9.17, 15) is 18.0 Å². The summed E-state index contributed by atoms with van der Waals surface area (Å²) in [5.74, 6) is 0.644. The summed E-state index contributed by atoms with van der Waals surface area (Å²) in [6.45, 7) is 2.18. The molecule has 2 aromatic heterocycles. The van der Waals surface area contributed by atoms with Crippen molar-refractivity contribution in [3.05, 3.63) is 46.6 Å². The third kappa shape index (κ3) is 4.39. The molecule has 3 unspecified atom stereocenters. The van der Waals surface area contributed by atoms with Crippen molar-refractivity contribution < 1.29 is 22.7 Å². The highest BCUT2D eigenvalue weighted by molar-refractivity contribution is 7.14. The third-order valence-electron chi connectivity index (χ3n) is 4.93. The smallest absolute Gasteiger partial charge is 0.422 e. The number of para-hydroxylation sites is 2. The number of nitrogens with one attached hydrogen (secondary N) is 2. The minimum absolute atomic E-state index is 0.0605. The molecule has 0 bridgehead atoms. The average molecular weight is 423 g/mol. The second-order valence-electron chi connectivity index (χ2n) is 7.34. The van der Waals surface area contributed by atoms with Crippen LogP contribution < -0.4 is 10.1 Å². The van der Waals surface area contributed by atoms with Gasteiger partial charge in [0.15, 0.2) is 11.7 Å². The summed E-state index contributed by atoms with van der Waals surface area (Å²) in [6.07, 6.45) is -3.66. The van der Waals surface area contributed by atoms with Crippen LogP contribution >= 0.6 is 11.3 Å². The Morgan fingerprint density at radius 1 is 1.41 bits per heavy atom. The van der Waals surface area contributed by atoms with Gasteiger partial charge in [-0.1, -0.05) is 12.1 Å². The Labute approximate surface area is 169 Å². The lowest BCUT2D eigenvalue weighted by molar-refractivity contribution is -0.153. The zero-order valence-electron chi connectivity index (χ0n) is 15.8. The maximum absolute atomic E-state index is 12.6. The molecular formula is C20H20F3N3O2S. The molecule has 0 radical (unpaired) electrons. The molecule has 0 saturated heterocycles. The fraction of sp³-hybridized carbons (Fsp3) is 0.400. The van der Waals surface area contributed by atoms with Crippen LogP contribution in [0.4, 0.5) is 13.2 Å². The van der Waals surface area contributed by atoms with Crippen molar-refractivity contribution in [3.8, 4) is 5.06 Å². The molecular weight excluding hydrogens is 403 g/mol. The first-order chi connectivity index (χ1) is 13.7. The number of alkyl halides is 3. The quantitative estimate of drug-likeness (QED) is 0.595. The molecule has 2 N–H and O–H groups in total. The molecule has 1 fully saturated rings. The Morgan fingerprint density at radius 3 is 2.90 bits per heavy atom. The van der Waals surface area contributed by atoms with Gasteiger partial charge in [0, 0.05) is 22.3 Å². The van der Waals surface area contributed by atoms with Crippen LogP contribution in [0.2, 0.25) is 0 Å². The highest BCUT2D eigenvalue weighted by Crippen LogP contribution is 2.47. The maximum atomic E-state index is 12.6. The minimum atomic E-state index is -4.38. The summed E-state index contributed by atoms with van der Waals surface area (Å²) >= 11 is 1.13. The third-order valence-corrected chi connectivity index (χ3v) is 6.26. The highest BCUT2D eigenvalue weighted by atomic mass is 32.1. The van der Waals surface area contributed by atoms with E-state index < -0.39 is 12.8 Å². The lowest BCUT2D eigenvalue weighted by Gasteiger charge is -2.12. The monoisotopic (exact) mass is 423 g/mol. The number of H-pyrrole nitrogens is 1. The summed E-state index contributed by atoms with van der Waals surface area (Å²) in [5, 5.41) is 3.18. The summed E-state index contributed by atoms with van der Waals surface area (Å²) in [4.78, 5) is 21.2. The number of aromatic amines is 1. The number of rotatable bonds is 6. The van der Waals surface area contributed by atoms with E-state index in [1.807, 2.05) is 31.2 Å². The Morgan fingerprint density at radius 2 is 2.17 bits per heavy atom. The van der Waals surface area contributed by atoms with Crippen molar-refractivity contribution in [3.63, 3.8) is 0 Å². The zero-order chi connectivity index (χ0) is 20.8. The Bertz CT molecular complexity index is 1010. The van der Waals surface area contributed by atoms with Gasteiger partial charge in [-0.15, -0.1) is 11.3 Å². The summed E-state index contributed by atoms with van der Waals surface area (Å²) in [5.41, 5.74) is 2.45. The van der Waals surface area contributed by atoms with Crippen LogP contribution in [0, 0.1) is 12.8 Å². The number of halogens is 3. The van der Waals surface area contributed by atoms with Crippen LogP contribution in [0.5, 0.6) is 5.06 Å². The molecule has 9 heteroatoms. The van der Waals surface area contributed by atoms with Gasteiger partial charge in [-0.3, -0.25) is 4.79 Å². The van der Waals surface area contributed by atoms with E-state index in [0.29, 0.717) is 5.56 Å². The number of fused-ring (bicyclic) bond motifs is 1. The van der Waals surface area contributed by atoms with Gasteiger partial charge >= 0.3 is 6.18 Å². The van der Waals surface area contributed by atoms with E-state index in [4.69, 9.17) is 4.74 Å². The lowest BCUT2D eigenvalue weighted by atomic mass is 10.2. The summed E-state index contributed by atoms with van der Waals surface area (Å²) < 4.78 is 42.0. The molecule has 1 saturated carbocycles. The highest BCUT2D eigenvalue weighted by Gasteiger charge is 2.46. The number of carbonyl (C=O) groups is 1. The van der Waals surface area contributed by atoms with Crippen molar-refractivity contribution in [2.75, 3.05) is 6.61 Å². The standard InChI is InChI=1S/C20H20F3N3O2S/c1-10-7-16(29-19(10)28-9-20(21,22)23)11(2)24-18(27)13-8-12(13)17-25-14-5-3-4-6-15(14)26-17/h3-7,11-13H,8-9H2,1-2H3,(H,24,27)(H,25,26). The van der Waals surface area contributed by atoms with Gasteiger partial charge < -0.3 is 15.0 Å².